The van der Waals surface area contributed by atoms with E-state index in [4.69, 9.17) is 9.05 Å². The van der Waals surface area contributed by atoms with E-state index in [1.54, 1.807) is 6.08 Å². The highest BCUT2D eigenvalue weighted by Crippen LogP contribution is 2.38. The first kappa shape index (κ1) is 73.9. The van der Waals surface area contributed by atoms with Crippen molar-refractivity contribution in [3.63, 3.8) is 0 Å². The number of phosphoric ester groups is 1. The summed E-state index contributed by atoms with van der Waals surface area (Å²) < 4.78 is 23.3. The first-order valence-corrected chi connectivity index (χ1v) is 32.9. The molecule has 1 amide bonds. The molecule has 0 aromatic heterocycles. The number of amides is 1. The second-order valence-electron chi connectivity index (χ2n) is 22.0. The van der Waals surface area contributed by atoms with Crippen LogP contribution in [0.15, 0.2) is 122 Å². The van der Waals surface area contributed by atoms with Crippen molar-refractivity contribution in [2.45, 2.75) is 264 Å². The third-order valence-electron chi connectivity index (χ3n) is 13.4. The van der Waals surface area contributed by atoms with Crippen molar-refractivity contribution in [2.75, 3.05) is 40.9 Å². The Bertz CT molecular complexity index is 1670. The Morgan fingerprint density at radius 3 is 1.21 bits per heavy atom. The van der Waals surface area contributed by atoms with Gasteiger partial charge in [-0.2, -0.15) is 0 Å². The highest BCUT2D eigenvalue weighted by molar-refractivity contribution is 7.45. The monoisotopic (exact) mass is 1090 g/mol. The van der Waals surface area contributed by atoms with Gasteiger partial charge >= 0.3 is 0 Å². The zero-order valence-corrected chi connectivity index (χ0v) is 51.3. The molecule has 0 aromatic carbocycles. The van der Waals surface area contributed by atoms with Crippen LogP contribution in [0.1, 0.15) is 251 Å². The van der Waals surface area contributed by atoms with Gasteiger partial charge in [-0.05, 0) is 96.3 Å². The van der Waals surface area contributed by atoms with Crippen LogP contribution in [0.3, 0.4) is 0 Å². The molecule has 0 saturated carbocycles. The lowest BCUT2D eigenvalue weighted by molar-refractivity contribution is -0.870. The summed E-state index contributed by atoms with van der Waals surface area (Å²) in [6.07, 6.45) is 86.1. The summed E-state index contributed by atoms with van der Waals surface area (Å²) in [4.78, 5) is 25.5. The van der Waals surface area contributed by atoms with Crippen LogP contribution in [0.5, 0.6) is 0 Å². The molecule has 0 aliphatic rings. The van der Waals surface area contributed by atoms with E-state index in [-0.39, 0.29) is 18.9 Å². The quantitative estimate of drug-likeness (QED) is 0.0272. The van der Waals surface area contributed by atoms with Crippen LogP contribution in [0, 0.1) is 0 Å². The molecule has 2 N–H and O–H groups in total. The van der Waals surface area contributed by atoms with E-state index in [9.17, 15) is 19.4 Å². The number of allylic oxidation sites excluding steroid dienone is 19. The Kier molecular flexibility index (Phi) is 55.3. The predicted octanol–water partition coefficient (Wildman–Crippen LogP) is 19.1. The number of nitrogens with one attached hydrogen (secondary N) is 1. The van der Waals surface area contributed by atoms with E-state index in [1.807, 2.05) is 27.2 Å². The smallest absolute Gasteiger partial charge is 0.268 e. The van der Waals surface area contributed by atoms with Gasteiger partial charge in [0.25, 0.3) is 7.82 Å². The van der Waals surface area contributed by atoms with E-state index in [0.717, 1.165) is 70.6 Å². The molecule has 9 heteroatoms. The topological polar surface area (TPSA) is 108 Å². The molecule has 0 radical (unpaired) electrons. The minimum Gasteiger partial charge on any atom is -0.756 e. The maximum Gasteiger partial charge on any atom is 0.268 e. The average molecular weight is 1090 g/mol. The Balaban J connectivity index is 4.31. The zero-order chi connectivity index (χ0) is 56.3. The fourth-order valence-electron chi connectivity index (χ4n) is 8.53. The van der Waals surface area contributed by atoms with Crippen LogP contribution in [-0.4, -0.2) is 68.5 Å². The predicted molar refractivity (Wildman–Crippen MR) is 334 cm³/mol. The maximum atomic E-state index is 13.0. The molecule has 0 fully saturated rings. The van der Waals surface area contributed by atoms with Gasteiger partial charge in [0.15, 0.2) is 0 Å². The maximum absolute atomic E-state index is 13.0. The summed E-state index contributed by atoms with van der Waals surface area (Å²) in [5, 5.41) is 13.8. The molecule has 3 unspecified atom stereocenters. The van der Waals surface area contributed by atoms with Crippen molar-refractivity contribution in [2.24, 2.45) is 0 Å². The second-order valence-corrected chi connectivity index (χ2v) is 23.4. The number of likely N-dealkylation sites (N-methyl/N-ethyl adjacent to an activating group) is 1. The highest BCUT2D eigenvalue weighted by Gasteiger charge is 2.23. The lowest BCUT2D eigenvalue weighted by Gasteiger charge is -2.29. The van der Waals surface area contributed by atoms with Gasteiger partial charge in [0.2, 0.25) is 5.91 Å². The van der Waals surface area contributed by atoms with Crippen molar-refractivity contribution in [3.8, 4) is 0 Å². The largest absolute Gasteiger partial charge is 0.756 e. The normalized spacial score (nSPS) is 14.6. The van der Waals surface area contributed by atoms with Crippen LogP contribution < -0.4 is 10.2 Å². The highest BCUT2D eigenvalue weighted by atomic mass is 31.2. The van der Waals surface area contributed by atoms with Crippen LogP contribution in [0.25, 0.3) is 0 Å². The van der Waals surface area contributed by atoms with Crippen molar-refractivity contribution >= 4 is 13.7 Å². The summed E-state index contributed by atoms with van der Waals surface area (Å²) in [6.45, 7) is 4.46. The molecule has 0 rings (SSSR count). The number of quaternary nitrogens is 1. The minimum absolute atomic E-state index is 0.0269. The Morgan fingerprint density at radius 2 is 0.805 bits per heavy atom. The van der Waals surface area contributed by atoms with Gasteiger partial charge in [-0.1, -0.05) is 270 Å². The van der Waals surface area contributed by atoms with Crippen molar-refractivity contribution in [3.05, 3.63) is 122 Å². The first-order valence-electron chi connectivity index (χ1n) is 31.4. The van der Waals surface area contributed by atoms with Gasteiger partial charge in [-0.3, -0.25) is 9.36 Å². The van der Waals surface area contributed by atoms with Gasteiger partial charge in [0.05, 0.1) is 39.9 Å². The summed E-state index contributed by atoms with van der Waals surface area (Å²) >= 11 is 0. The van der Waals surface area contributed by atoms with Crippen molar-refractivity contribution in [1.82, 2.24) is 5.32 Å². The summed E-state index contributed by atoms with van der Waals surface area (Å²) in [6, 6.07) is -0.951. The summed E-state index contributed by atoms with van der Waals surface area (Å²) in [5.74, 6) is -0.272. The number of aliphatic hydroxyl groups excluding tert-OH is 1. The van der Waals surface area contributed by atoms with E-state index in [2.05, 4.69) is 129 Å². The number of aliphatic hydroxyl groups is 1. The molecular formula is C68H119N2O6P. The van der Waals surface area contributed by atoms with Gasteiger partial charge in [0, 0.05) is 6.42 Å². The number of carbonyl (C=O) groups excluding carboxylic acids is 1. The Morgan fingerprint density at radius 1 is 0.468 bits per heavy atom. The molecule has 442 valence electrons. The van der Waals surface area contributed by atoms with E-state index in [0.29, 0.717) is 23.9 Å². The SMILES string of the molecule is CC/C=C\C/C=C\C/C=C\C/C=C\C/C=C\C/C=C\C/C=C\CCCC(=O)NC(COP(=O)([O-])OCC[N+](C)(C)C)C(O)/C=C/CC/C=C/CC/C=C/CCCCCCCCCCCCCCCCCCCCCCCC. The van der Waals surface area contributed by atoms with Crippen LogP contribution in [-0.2, 0) is 18.4 Å². The van der Waals surface area contributed by atoms with Crippen LogP contribution in [0.4, 0.5) is 0 Å². The van der Waals surface area contributed by atoms with Crippen LogP contribution in [0.2, 0.25) is 0 Å². The molecule has 0 bridgehead atoms. The molecule has 0 aliphatic carbocycles. The molecule has 0 aromatic rings. The van der Waals surface area contributed by atoms with E-state index >= 15 is 0 Å². The molecule has 0 heterocycles. The molecule has 0 spiro atoms. The lowest BCUT2D eigenvalue weighted by atomic mass is 10.0. The standard InChI is InChI=1S/C68H119N2O6P/c1-6-8-10-12-14-16-18-20-22-24-26-28-30-31-32-33-34-35-36-37-38-40-41-43-45-47-49-51-53-55-57-59-61-67(71)66(65-76-77(73,74)75-64-63-70(3,4)5)69-68(72)62-60-58-56-54-52-50-48-46-44-42-39-29-27-25-23-21-19-17-15-13-11-9-7-2/h9,11,15,17,21,23,27,29,42-45,48,50-51,53-54,56,59,61,66-67,71H,6-8,10,12-14,16,18-20,22,24-26,28,30-41,46-47,49,52,55,57-58,60,62-65H2,1-5H3,(H-,69,72,73,74)/b11-9-,17-15-,23-21-,29-27-,44-42-,45-43+,50-48-,53-51+,56-54-,61-59+. The van der Waals surface area contributed by atoms with E-state index in [1.165, 1.54) is 148 Å². The first-order chi connectivity index (χ1) is 37.5. The number of phosphoric acid groups is 1. The molecule has 3 atom stereocenters. The number of unbranched alkanes of at least 4 members (excludes halogenated alkanes) is 25. The van der Waals surface area contributed by atoms with Gasteiger partial charge in [-0.25, -0.2) is 0 Å². The van der Waals surface area contributed by atoms with E-state index < -0.39 is 26.6 Å². The number of rotatable bonds is 56. The number of nitrogens with zero attached hydrogens (tertiary/aromatic N) is 1. The second kappa shape index (κ2) is 57.6. The van der Waals surface area contributed by atoms with Crippen molar-refractivity contribution < 1.29 is 32.9 Å². The average Bonchev–Trinajstić information content (AvgIpc) is 3.39. The van der Waals surface area contributed by atoms with Crippen LogP contribution >= 0.6 is 7.82 Å². The molecule has 77 heavy (non-hydrogen) atoms. The summed E-state index contributed by atoms with van der Waals surface area (Å²) in [7, 11) is 1.18. The van der Waals surface area contributed by atoms with Gasteiger partial charge in [-0.15, -0.1) is 0 Å². The number of hydrogen-bond donors (Lipinski definition) is 2. The zero-order valence-electron chi connectivity index (χ0n) is 50.4. The third kappa shape index (κ3) is 60.4. The molecule has 0 saturated heterocycles. The Hall–Kier alpha value is -3.10. The lowest BCUT2D eigenvalue weighted by Crippen LogP contribution is -2.45. The third-order valence-corrected chi connectivity index (χ3v) is 14.3. The van der Waals surface area contributed by atoms with Gasteiger partial charge in [0.1, 0.15) is 13.2 Å². The van der Waals surface area contributed by atoms with Crippen molar-refractivity contribution in [1.29, 1.82) is 0 Å². The fourth-order valence-corrected chi connectivity index (χ4v) is 9.25. The Labute approximate surface area is 475 Å². The molecular weight excluding hydrogens is 972 g/mol. The fraction of sp³-hybridized carbons (Fsp3) is 0.691. The van der Waals surface area contributed by atoms with Gasteiger partial charge < -0.3 is 28.8 Å². The summed E-state index contributed by atoms with van der Waals surface area (Å²) in [5.41, 5.74) is 0. The molecule has 8 nitrogen and oxygen atoms in total. The minimum atomic E-state index is -4.64. The number of carbonyl (C=O) groups is 1. The number of hydrogen-bond acceptors (Lipinski definition) is 6. The molecule has 0 aliphatic heterocycles.